The number of nitrogens with one attached hydrogen (secondary N) is 1. The highest BCUT2D eigenvalue weighted by Crippen LogP contribution is 2.42. The Morgan fingerprint density at radius 2 is 1.87 bits per heavy atom. The minimum atomic E-state index is -1.93. The standard InChI is InChI=1S/C35H50ClNO10/c1-20-14-25(13-11-9-8-10-12-24-16-26(24)36)45-29(39)18-35(41)17-28(22(3)30(47-35)21(2)27(15-20)42-6)46-33-32(43-7)34(5,40)31(37-19-38)23(4)44-33/h8-9,11,13,15,19,21-28,30-33,40-41H,14,16-18H2,1-7H3,(H,37,38)/b9-8+,13-11+,20-15+. The third-order valence-electron chi connectivity index (χ3n) is 9.64. The Bertz CT molecular complexity index is 1260. The summed E-state index contributed by atoms with van der Waals surface area (Å²) < 4.78 is 36.4. The van der Waals surface area contributed by atoms with Crippen LogP contribution in [0.15, 0.2) is 36.0 Å². The maximum atomic E-state index is 13.3. The van der Waals surface area contributed by atoms with Gasteiger partial charge in [-0.3, -0.25) is 9.59 Å². The van der Waals surface area contributed by atoms with Crippen molar-refractivity contribution >= 4 is 24.0 Å². The first kappa shape index (κ1) is 37.5. The predicted molar refractivity (Wildman–Crippen MR) is 174 cm³/mol. The van der Waals surface area contributed by atoms with Gasteiger partial charge in [-0.15, -0.1) is 11.6 Å². The molecule has 12 heteroatoms. The zero-order valence-electron chi connectivity index (χ0n) is 28.3. The van der Waals surface area contributed by atoms with Crippen molar-refractivity contribution in [2.24, 2.45) is 17.8 Å². The Balaban J connectivity index is 1.58. The first-order valence-corrected chi connectivity index (χ1v) is 16.7. The van der Waals surface area contributed by atoms with E-state index in [4.69, 9.17) is 40.0 Å². The lowest BCUT2D eigenvalue weighted by atomic mass is 9.79. The van der Waals surface area contributed by atoms with Crippen molar-refractivity contribution in [2.75, 3.05) is 14.2 Å². The summed E-state index contributed by atoms with van der Waals surface area (Å²) in [6.07, 6.45) is 5.45. The molecule has 2 bridgehead atoms. The van der Waals surface area contributed by atoms with Crippen molar-refractivity contribution in [1.82, 2.24) is 5.32 Å². The number of amides is 1. The number of esters is 1. The van der Waals surface area contributed by atoms with Crippen LogP contribution in [0.2, 0.25) is 0 Å². The van der Waals surface area contributed by atoms with Crippen LogP contribution in [0, 0.1) is 29.6 Å². The summed E-state index contributed by atoms with van der Waals surface area (Å²) >= 11 is 6.00. The number of alkyl halides is 1. The zero-order chi connectivity index (χ0) is 34.5. The number of fused-ring (bicyclic) bond motifs is 2. The second kappa shape index (κ2) is 16.0. The first-order valence-electron chi connectivity index (χ1n) is 16.3. The van der Waals surface area contributed by atoms with Gasteiger partial charge in [0.1, 0.15) is 17.8 Å². The molecule has 3 fully saturated rings. The van der Waals surface area contributed by atoms with E-state index in [2.05, 4.69) is 17.2 Å². The highest BCUT2D eigenvalue weighted by Gasteiger charge is 2.56. The van der Waals surface area contributed by atoms with Crippen molar-refractivity contribution in [3.05, 3.63) is 36.0 Å². The van der Waals surface area contributed by atoms with E-state index in [1.54, 1.807) is 45.3 Å². The molecular formula is C35H50ClNO10. The minimum absolute atomic E-state index is 0.0755. The summed E-state index contributed by atoms with van der Waals surface area (Å²) in [6.45, 7) is 9.14. The van der Waals surface area contributed by atoms with Crippen molar-refractivity contribution in [1.29, 1.82) is 0 Å². The SMILES string of the molecule is COC1/C=C(\C)CC(/C=C/C=C/C#CC2CC2Cl)OC(=O)CC2(O)CC(OC3OC(C)C(NC=O)C(C)(O)C3OC)C(C)C(O2)C1C. The third kappa shape index (κ3) is 9.25. The van der Waals surface area contributed by atoms with Crippen LogP contribution in [0.25, 0.3) is 0 Å². The molecule has 3 aliphatic heterocycles. The number of methoxy groups -OCH3 is 2. The molecular weight excluding hydrogens is 630 g/mol. The number of halogens is 1. The number of allylic oxidation sites excluding steroid dienone is 3. The van der Waals surface area contributed by atoms with Gasteiger partial charge in [0.05, 0.1) is 36.9 Å². The summed E-state index contributed by atoms with van der Waals surface area (Å²) in [6, 6.07) is -0.758. The monoisotopic (exact) mass is 679 g/mol. The molecule has 4 rings (SSSR count). The second-order valence-electron chi connectivity index (χ2n) is 13.5. The largest absolute Gasteiger partial charge is 0.458 e. The molecule has 1 aliphatic carbocycles. The number of carbonyl (C=O) groups is 2. The fourth-order valence-electron chi connectivity index (χ4n) is 6.92. The van der Waals surface area contributed by atoms with Crippen LogP contribution >= 0.6 is 11.6 Å². The van der Waals surface area contributed by atoms with Gasteiger partial charge in [0.15, 0.2) is 12.1 Å². The summed E-state index contributed by atoms with van der Waals surface area (Å²) in [4.78, 5) is 24.6. The van der Waals surface area contributed by atoms with E-state index < -0.39 is 66.6 Å². The zero-order valence-corrected chi connectivity index (χ0v) is 29.0. The molecule has 1 amide bonds. The minimum Gasteiger partial charge on any atom is -0.458 e. The lowest BCUT2D eigenvalue weighted by Crippen LogP contribution is -2.70. The molecule has 262 valence electrons. The van der Waals surface area contributed by atoms with Crippen LogP contribution < -0.4 is 5.32 Å². The third-order valence-corrected chi connectivity index (χ3v) is 10.1. The molecule has 3 heterocycles. The highest BCUT2D eigenvalue weighted by atomic mass is 35.5. The number of hydrogen-bond acceptors (Lipinski definition) is 10. The Labute approximate surface area is 283 Å². The number of hydrogen-bond donors (Lipinski definition) is 3. The van der Waals surface area contributed by atoms with E-state index in [9.17, 15) is 19.8 Å². The molecule has 2 saturated heterocycles. The van der Waals surface area contributed by atoms with E-state index in [1.807, 2.05) is 26.8 Å². The smallest absolute Gasteiger partial charge is 0.311 e. The molecule has 0 radical (unpaired) electrons. The summed E-state index contributed by atoms with van der Waals surface area (Å²) in [7, 11) is 3.04. The van der Waals surface area contributed by atoms with Crippen LogP contribution in [0.5, 0.6) is 0 Å². The molecule has 1 saturated carbocycles. The van der Waals surface area contributed by atoms with Crippen molar-refractivity contribution in [3.8, 4) is 11.8 Å². The van der Waals surface area contributed by atoms with E-state index in [0.717, 1.165) is 12.0 Å². The van der Waals surface area contributed by atoms with E-state index >= 15 is 0 Å². The van der Waals surface area contributed by atoms with Gasteiger partial charge >= 0.3 is 5.97 Å². The number of aliphatic hydroxyl groups is 2. The molecule has 14 unspecified atom stereocenters. The van der Waals surface area contributed by atoms with Gasteiger partial charge in [0.25, 0.3) is 0 Å². The quantitative estimate of drug-likeness (QED) is 0.0875. The lowest BCUT2D eigenvalue weighted by Gasteiger charge is -2.52. The normalized spacial score (nSPS) is 45.5. The molecule has 0 spiro atoms. The summed E-state index contributed by atoms with van der Waals surface area (Å²) in [5.74, 6) is 3.19. The highest BCUT2D eigenvalue weighted by molar-refractivity contribution is 6.22. The molecule has 14 atom stereocenters. The fraction of sp³-hybridized carbons (Fsp3) is 0.714. The van der Waals surface area contributed by atoms with Crippen LogP contribution in [-0.2, 0) is 38.0 Å². The van der Waals surface area contributed by atoms with Crippen LogP contribution in [0.4, 0.5) is 0 Å². The van der Waals surface area contributed by atoms with E-state index in [0.29, 0.717) is 12.8 Å². The average Bonchev–Trinajstić information content (AvgIpc) is 3.70. The van der Waals surface area contributed by atoms with Gasteiger partial charge in [-0.2, -0.15) is 0 Å². The Morgan fingerprint density at radius 1 is 1.15 bits per heavy atom. The fourth-order valence-corrected chi connectivity index (χ4v) is 7.17. The molecule has 11 nitrogen and oxygen atoms in total. The van der Waals surface area contributed by atoms with Crippen LogP contribution in [0.3, 0.4) is 0 Å². The number of carbonyl (C=O) groups excluding carboxylic acids is 2. The Hall–Kier alpha value is -2.27. The van der Waals surface area contributed by atoms with E-state index in [-0.39, 0.29) is 35.7 Å². The molecule has 3 N–H and O–H groups in total. The van der Waals surface area contributed by atoms with Crippen molar-refractivity contribution < 1.29 is 48.2 Å². The van der Waals surface area contributed by atoms with Crippen LogP contribution in [-0.4, -0.2) is 103 Å². The maximum Gasteiger partial charge on any atom is 0.311 e. The van der Waals surface area contributed by atoms with Gasteiger partial charge in [0, 0.05) is 50.2 Å². The maximum absolute atomic E-state index is 13.3. The van der Waals surface area contributed by atoms with Crippen LogP contribution in [0.1, 0.15) is 60.3 Å². The summed E-state index contributed by atoms with van der Waals surface area (Å²) in [5.41, 5.74) is -0.591. The van der Waals surface area contributed by atoms with Gasteiger partial charge < -0.3 is 44.0 Å². The summed E-state index contributed by atoms with van der Waals surface area (Å²) in [5, 5.41) is 26.0. The number of cyclic esters (lactones) is 1. The van der Waals surface area contributed by atoms with Crippen molar-refractivity contribution in [3.63, 3.8) is 0 Å². The molecule has 0 aromatic carbocycles. The Morgan fingerprint density at radius 3 is 2.51 bits per heavy atom. The average molecular weight is 680 g/mol. The van der Waals surface area contributed by atoms with E-state index in [1.165, 1.54) is 7.11 Å². The topological polar surface area (TPSA) is 142 Å². The predicted octanol–water partition coefficient (Wildman–Crippen LogP) is 3.16. The molecule has 0 aromatic heterocycles. The van der Waals surface area contributed by atoms with Gasteiger partial charge in [-0.1, -0.05) is 49.5 Å². The second-order valence-corrected chi connectivity index (χ2v) is 14.1. The molecule has 0 aromatic rings. The number of ether oxygens (including phenoxy) is 6. The number of rotatable bonds is 8. The Kier molecular flexibility index (Phi) is 12.8. The van der Waals surface area contributed by atoms with Gasteiger partial charge in [0.2, 0.25) is 6.41 Å². The van der Waals surface area contributed by atoms with Crippen molar-refractivity contribution in [2.45, 2.75) is 126 Å². The molecule has 47 heavy (non-hydrogen) atoms. The van der Waals surface area contributed by atoms with Gasteiger partial charge in [-0.05, 0) is 39.3 Å². The van der Waals surface area contributed by atoms with Gasteiger partial charge in [-0.25, -0.2) is 0 Å². The first-order chi connectivity index (χ1) is 22.2. The lowest BCUT2D eigenvalue weighted by molar-refractivity contribution is -0.352. The molecule has 4 aliphatic rings.